The van der Waals surface area contributed by atoms with Gasteiger partial charge in [-0.25, -0.2) is 4.79 Å². The Kier molecular flexibility index (Phi) is 6.33. The van der Waals surface area contributed by atoms with E-state index in [9.17, 15) is 4.79 Å². The molecule has 0 bridgehead atoms. The maximum absolute atomic E-state index is 11.0. The number of rotatable bonds is 10. The van der Waals surface area contributed by atoms with Gasteiger partial charge in [0.1, 0.15) is 11.5 Å². The number of aromatic nitrogens is 1. The number of hydrogen-bond donors (Lipinski definition) is 2. The minimum absolute atomic E-state index is 0.324. The van der Waals surface area contributed by atoms with E-state index < -0.39 is 12.1 Å². The van der Waals surface area contributed by atoms with Crippen molar-refractivity contribution in [1.29, 1.82) is 0 Å². The van der Waals surface area contributed by atoms with Gasteiger partial charge in [0.15, 0.2) is 6.10 Å². The summed E-state index contributed by atoms with van der Waals surface area (Å²) in [6.45, 7) is 1.10. The molecule has 1 aromatic heterocycles. The van der Waals surface area contributed by atoms with Crippen LogP contribution < -0.4 is 9.47 Å². The first-order chi connectivity index (χ1) is 13.2. The molecule has 0 fully saturated rings. The van der Waals surface area contributed by atoms with Crippen molar-refractivity contribution in [3.8, 4) is 11.5 Å². The van der Waals surface area contributed by atoms with E-state index in [0.29, 0.717) is 19.6 Å². The van der Waals surface area contributed by atoms with Gasteiger partial charge in [0.2, 0.25) is 0 Å². The number of carboxylic acid groups (broad SMARTS) is 1. The molecule has 3 rings (SSSR count). The van der Waals surface area contributed by atoms with Crippen molar-refractivity contribution in [2.75, 3.05) is 20.3 Å². The number of carboxylic acids is 1. The summed E-state index contributed by atoms with van der Waals surface area (Å²) in [4.78, 5) is 14.2. The first kappa shape index (κ1) is 18.8. The van der Waals surface area contributed by atoms with E-state index in [1.807, 2.05) is 54.7 Å². The maximum atomic E-state index is 11.0. The first-order valence-corrected chi connectivity index (χ1v) is 8.83. The van der Waals surface area contributed by atoms with E-state index in [0.717, 1.165) is 34.4 Å². The van der Waals surface area contributed by atoms with Crippen LogP contribution in [0.3, 0.4) is 0 Å². The molecular weight excluding hydrogens is 346 g/mol. The third kappa shape index (κ3) is 5.01. The van der Waals surface area contributed by atoms with Gasteiger partial charge in [-0.2, -0.15) is 0 Å². The van der Waals surface area contributed by atoms with Gasteiger partial charge in [-0.15, -0.1) is 0 Å². The fourth-order valence-corrected chi connectivity index (χ4v) is 2.81. The number of nitrogens with one attached hydrogen (secondary N) is 1. The predicted molar refractivity (Wildman–Crippen MR) is 102 cm³/mol. The molecule has 0 spiro atoms. The molecule has 1 heterocycles. The second-order valence-electron chi connectivity index (χ2n) is 6.16. The van der Waals surface area contributed by atoms with Crippen LogP contribution in [0.2, 0.25) is 0 Å². The molecule has 0 aliphatic carbocycles. The molecule has 0 aliphatic heterocycles. The molecular formula is C21H23NO5. The number of methoxy groups -OCH3 is 1. The van der Waals surface area contributed by atoms with Gasteiger partial charge >= 0.3 is 5.97 Å². The van der Waals surface area contributed by atoms with Crippen molar-refractivity contribution in [2.45, 2.75) is 18.9 Å². The Labute approximate surface area is 157 Å². The van der Waals surface area contributed by atoms with Gasteiger partial charge in [0, 0.05) is 31.5 Å². The summed E-state index contributed by atoms with van der Waals surface area (Å²) in [5.74, 6) is 0.621. The van der Waals surface area contributed by atoms with E-state index in [1.54, 1.807) is 0 Å². The molecule has 0 unspecified atom stereocenters. The van der Waals surface area contributed by atoms with E-state index in [1.165, 1.54) is 7.11 Å². The molecule has 0 aliphatic rings. The molecule has 2 N–H and O–H groups in total. The van der Waals surface area contributed by atoms with Crippen LogP contribution in [0.25, 0.3) is 10.9 Å². The lowest BCUT2D eigenvalue weighted by Crippen LogP contribution is -2.24. The summed E-state index contributed by atoms with van der Waals surface area (Å²) in [5.41, 5.74) is 1.89. The zero-order valence-electron chi connectivity index (χ0n) is 15.2. The smallest absolute Gasteiger partial charge is 0.333 e. The highest BCUT2D eigenvalue weighted by Crippen LogP contribution is 2.23. The minimum Gasteiger partial charge on any atom is -0.493 e. The highest BCUT2D eigenvalue weighted by molar-refractivity contribution is 5.85. The number of aliphatic carboxylic acids is 1. The maximum Gasteiger partial charge on any atom is 0.333 e. The van der Waals surface area contributed by atoms with Crippen molar-refractivity contribution >= 4 is 16.9 Å². The third-order valence-electron chi connectivity index (χ3n) is 4.27. The number of carbonyl (C=O) groups is 1. The molecule has 6 heteroatoms. The second-order valence-corrected chi connectivity index (χ2v) is 6.16. The summed E-state index contributed by atoms with van der Waals surface area (Å²) in [6.07, 6.45) is 2.14. The van der Waals surface area contributed by atoms with Gasteiger partial charge in [-0.05, 0) is 29.8 Å². The molecule has 0 saturated carbocycles. The van der Waals surface area contributed by atoms with Crippen LogP contribution in [0.4, 0.5) is 0 Å². The van der Waals surface area contributed by atoms with Crippen molar-refractivity contribution in [2.24, 2.45) is 0 Å². The van der Waals surface area contributed by atoms with E-state index in [-0.39, 0.29) is 0 Å². The molecule has 0 amide bonds. The molecule has 3 aromatic rings. The average molecular weight is 369 g/mol. The lowest BCUT2D eigenvalue weighted by Gasteiger charge is -2.11. The molecule has 6 nitrogen and oxygen atoms in total. The van der Waals surface area contributed by atoms with Crippen molar-refractivity contribution in [1.82, 2.24) is 4.98 Å². The summed E-state index contributed by atoms with van der Waals surface area (Å²) < 4.78 is 16.5. The third-order valence-corrected chi connectivity index (χ3v) is 4.27. The molecule has 0 radical (unpaired) electrons. The lowest BCUT2D eigenvalue weighted by atomic mass is 10.1. The van der Waals surface area contributed by atoms with Gasteiger partial charge in [-0.1, -0.05) is 24.3 Å². The Bertz CT molecular complexity index is 872. The lowest BCUT2D eigenvalue weighted by molar-refractivity contribution is -0.148. The number of ether oxygens (including phenoxy) is 3. The highest BCUT2D eigenvalue weighted by Gasteiger charge is 2.16. The van der Waals surface area contributed by atoms with Gasteiger partial charge in [-0.3, -0.25) is 0 Å². The molecule has 1 atom stereocenters. The largest absolute Gasteiger partial charge is 0.493 e. The van der Waals surface area contributed by atoms with Crippen LogP contribution in [-0.4, -0.2) is 42.5 Å². The van der Waals surface area contributed by atoms with Gasteiger partial charge in [0.05, 0.1) is 18.7 Å². The van der Waals surface area contributed by atoms with Crippen molar-refractivity contribution in [3.05, 3.63) is 60.3 Å². The molecule has 142 valence electrons. The van der Waals surface area contributed by atoms with Crippen molar-refractivity contribution in [3.63, 3.8) is 0 Å². The fourth-order valence-electron chi connectivity index (χ4n) is 2.81. The number of benzene rings is 2. The normalized spacial score (nSPS) is 12.0. The minimum atomic E-state index is -0.965. The number of para-hydroxylation sites is 1. The zero-order chi connectivity index (χ0) is 19.1. The van der Waals surface area contributed by atoms with Crippen molar-refractivity contribution < 1.29 is 24.1 Å². The number of hydrogen-bond acceptors (Lipinski definition) is 4. The van der Waals surface area contributed by atoms with E-state index >= 15 is 0 Å². The number of H-pyrrole nitrogens is 1. The average Bonchev–Trinajstić information content (AvgIpc) is 3.16. The Morgan fingerprint density at radius 2 is 1.85 bits per heavy atom. The van der Waals surface area contributed by atoms with Crippen LogP contribution in [0.1, 0.15) is 12.0 Å². The van der Waals surface area contributed by atoms with Gasteiger partial charge in [0.25, 0.3) is 0 Å². The summed E-state index contributed by atoms with van der Waals surface area (Å²) in [6, 6.07) is 15.4. The summed E-state index contributed by atoms with van der Waals surface area (Å²) >= 11 is 0. The zero-order valence-corrected chi connectivity index (χ0v) is 15.2. The van der Waals surface area contributed by atoms with Crippen LogP contribution in [-0.2, 0) is 16.0 Å². The second kappa shape index (κ2) is 9.09. The van der Waals surface area contributed by atoms with E-state index in [2.05, 4.69) is 4.98 Å². The Morgan fingerprint density at radius 1 is 1.07 bits per heavy atom. The molecule has 27 heavy (non-hydrogen) atoms. The Hall–Kier alpha value is -2.99. The first-order valence-electron chi connectivity index (χ1n) is 8.83. The Morgan fingerprint density at radius 3 is 2.59 bits per heavy atom. The summed E-state index contributed by atoms with van der Waals surface area (Å²) in [7, 11) is 1.40. The SMILES string of the molecule is CO[C@@H](Cc1ccc(OCCCOc2cccc3cc[nH]c23)cc1)C(=O)O. The van der Waals surface area contributed by atoms with E-state index in [4.69, 9.17) is 19.3 Å². The standard InChI is InChI=1S/C21H23NO5/c1-25-19(21(23)24)14-15-6-8-17(9-7-15)26-12-3-13-27-18-5-2-4-16-10-11-22-20(16)18/h2,4-11,19,22H,3,12-14H2,1H3,(H,23,24)/t19-/m0/s1. The van der Waals surface area contributed by atoms with Crippen LogP contribution in [0.15, 0.2) is 54.7 Å². The monoisotopic (exact) mass is 369 g/mol. The van der Waals surface area contributed by atoms with Gasteiger partial charge < -0.3 is 24.3 Å². The van der Waals surface area contributed by atoms with Crippen LogP contribution >= 0.6 is 0 Å². The fraction of sp³-hybridized carbons (Fsp3) is 0.286. The van der Waals surface area contributed by atoms with Crippen LogP contribution in [0.5, 0.6) is 11.5 Å². The molecule has 0 saturated heterocycles. The molecule has 2 aromatic carbocycles. The number of fused-ring (bicyclic) bond motifs is 1. The topological polar surface area (TPSA) is 80.8 Å². The van der Waals surface area contributed by atoms with Crippen LogP contribution in [0, 0.1) is 0 Å². The highest BCUT2D eigenvalue weighted by atomic mass is 16.5. The number of aromatic amines is 1. The predicted octanol–water partition coefficient (Wildman–Crippen LogP) is 3.66. The summed E-state index contributed by atoms with van der Waals surface area (Å²) in [5, 5.41) is 10.1. The quantitative estimate of drug-likeness (QED) is 0.533. The Balaban J connectivity index is 1.41.